The fourth-order valence-electron chi connectivity index (χ4n) is 1.79. The molecule has 0 radical (unpaired) electrons. The molecular weight excluding hydrogens is 345 g/mol. The van der Waals surface area contributed by atoms with E-state index >= 15 is 0 Å². The van der Waals surface area contributed by atoms with E-state index in [0.29, 0.717) is 5.69 Å². The smallest absolute Gasteiger partial charge is 0.280 e. The number of aromatic nitrogens is 6. The van der Waals surface area contributed by atoms with Gasteiger partial charge in [0.2, 0.25) is 22.5 Å². The predicted molar refractivity (Wildman–Crippen MR) is 83.6 cm³/mol. The first-order valence-corrected chi connectivity index (χ1v) is 6.91. The minimum Gasteiger partial charge on any atom is -0.280 e. The predicted octanol–water partition coefficient (Wildman–Crippen LogP) is 1.42. The molecule has 0 aliphatic rings. The molecule has 2 aromatic heterocycles. The number of benzene rings is 1. The van der Waals surface area contributed by atoms with Gasteiger partial charge in [0.25, 0.3) is 0 Å². The summed E-state index contributed by atoms with van der Waals surface area (Å²) < 4.78 is 0. The number of aromatic amines is 2. The Morgan fingerprint density at radius 2 is 1.26 bits per heavy atom. The highest BCUT2D eigenvalue weighted by Gasteiger charge is 2.20. The van der Waals surface area contributed by atoms with E-state index < -0.39 is 11.4 Å². The van der Waals surface area contributed by atoms with Crippen LogP contribution >= 0.6 is 23.2 Å². The number of anilines is 3. The van der Waals surface area contributed by atoms with Crippen molar-refractivity contribution < 1.29 is 0 Å². The highest BCUT2D eigenvalue weighted by Crippen LogP contribution is 2.28. The van der Waals surface area contributed by atoms with E-state index in [4.69, 9.17) is 23.2 Å². The summed E-state index contributed by atoms with van der Waals surface area (Å²) in [6, 6.07) is 8.66. The van der Waals surface area contributed by atoms with Crippen LogP contribution < -0.4 is 16.3 Å². The minimum absolute atomic E-state index is 0.105. The van der Waals surface area contributed by atoms with E-state index in [-0.39, 0.29) is 22.5 Å². The topological polar surface area (TPSA) is 121 Å². The number of hydrogen-bond acceptors (Lipinski definition) is 7. The Hall–Kier alpha value is -2.78. The van der Waals surface area contributed by atoms with E-state index in [9.17, 15) is 9.59 Å². The Bertz CT molecular complexity index is 898. The average molecular weight is 352 g/mol. The van der Waals surface area contributed by atoms with Crippen LogP contribution in [-0.2, 0) is 0 Å². The van der Waals surface area contributed by atoms with Gasteiger partial charge in [0.05, 0.1) is 5.69 Å². The molecule has 0 aliphatic carbocycles. The van der Waals surface area contributed by atoms with Crippen LogP contribution in [0.3, 0.4) is 0 Å². The lowest BCUT2D eigenvalue weighted by molar-refractivity contribution is 0.909. The van der Waals surface area contributed by atoms with Gasteiger partial charge in [-0.3, -0.25) is 9.97 Å². The van der Waals surface area contributed by atoms with Crippen LogP contribution in [0.15, 0.2) is 39.9 Å². The Balaban J connectivity index is 2.26. The maximum absolute atomic E-state index is 11.6. The van der Waals surface area contributed by atoms with E-state index in [1.54, 1.807) is 30.3 Å². The highest BCUT2D eigenvalue weighted by atomic mass is 35.5. The zero-order chi connectivity index (χ0) is 16.4. The zero-order valence-electron chi connectivity index (χ0n) is 11.2. The van der Waals surface area contributed by atoms with E-state index in [0.717, 1.165) is 0 Å². The Kier molecular flexibility index (Phi) is 4.04. The molecule has 0 aliphatic heterocycles. The third-order valence-corrected chi connectivity index (χ3v) is 2.99. The van der Waals surface area contributed by atoms with Crippen molar-refractivity contribution in [2.45, 2.75) is 0 Å². The molecule has 9 nitrogen and oxygen atoms in total. The maximum atomic E-state index is 11.6. The second-order valence-corrected chi connectivity index (χ2v) is 4.88. The van der Waals surface area contributed by atoms with Crippen LogP contribution in [0.5, 0.6) is 0 Å². The molecular formula is C12H7Cl2N7O2. The molecule has 2 N–H and O–H groups in total. The van der Waals surface area contributed by atoms with Gasteiger partial charge < -0.3 is 0 Å². The fraction of sp³-hybridized carbons (Fsp3) is 0. The Morgan fingerprint density at radius 3 is 1.70 bits per heavy atom. The summed E-state index contributed by atoms with van der Waals surface area (Å²) >= 11 is 11.5. The van der Waals surface area contributed by atoms with Gasteiger partial charge in [0.1, 0.15) is 0 Å². The number of para-hydroxylation sites is 1. The first-order valence-electron chi connectivity index (χ1n) is 6.16. The second kappa shape index (κ2) is 6.15. The highest BCUT2D eigenvalue weighted by molar-refractivity contribution is 6.28. The molecule has 0 spiro atoms. The second-order valence-electron chi connectivity index (χ2n) is 4.16. The summed E-state index contributed by atoms with van der Waals surface area (Å²) in [5.74, 6) is -0.210. The molecule has 0 amide bonds. The van der Waals surface area contributed by atoms with Gasteiger partial charge in [-0.15, -0.1) is 0 Å². The molecule has 0 unspecified atom stereocenters. The maximum Gasteiger partial charge on any atom is 0.350 e. The minimum atomic E-state index is -0.711. The van der Waals surface area contributed by atoms with Crippen LogP contribution in [0.25, 0.3) is 0 Å². The zero-order valence-corrected chi connectivity index (χ0v) is 12.7. The number of H-pyrrole nitrogens is 2. The standard InChI is InChI=1S/C12H7Cl2N7O2/c13-7-15-9(19-11(22)17-7)21(6-4-2-1-3-5-6)10-16-8(14)18-12(23)20-10/h1-5H,(H,15,17,19,22)(H,16,18,20,23). The SMILES string of the molecule is O=c1nc(N(c2ccccc2)c2nc(Cl)[nH]c(=O)n2)nc(Cl)[nH]1. The van der Waals surface area contributed by atoms with Crippen molar-refractivity contribution in [2.24, 2.45) is 0 Å². The van der Waals surface area contributed by atoms with Crippen molar-refractivity contribution in [3.8, 4) is 0 Å². The largest absolute Gasteiger partial charge is 0.350 e. The van der Waals surface area contributed by atoms with Gasteiger partial charge in [-0.1, -0.05) is 18.2 Å². The number of rotatable bonds is 3. The third kappa shape index (κ3) is 3.35. The van der Waals surface area contributed by atoms with E-state index in [1.165, 1.54) is 4.90 Å². The average Bonchev–Trinajstić information content (AvgIpc) is 2.46. The fourth-order valence-corrected chi connectivity index (χ4v) is 2.11. The molecule has 23 heavy (non-hydrogen) atoms. The molecule has 0 atom stereocenters. The lowest BCUT2D eigenvalue weighted by atomic mass is 10.3. The van der Waals surface area contributed by atoms with Crippen molar-refractivity contribution in [2.75, 3.05) is 4.90 Å². The molecule has 0 saturated carbocycles. The van der Waals surface area contributed by atoms with Gasteiger partial charge in [-0.05, 0) is 35.3 Å². The number of nitrogens with zero attached hydrogens (tertiary/aromatic N) is 5. The summed E-state index contributed by atoms with van der Waals surface area (Å²) in [5, 5.41) is -0.339. The summed E-state index contributed by atoms with van der Waals surface area (Å²) in [7, 11) is 0. The van der Waals surface area contributed by atoms with Gasteiger partial charge >= 0.3 is 11.4 Å². The lowest BCUT2D eigenvalue weighted by Gasteiger charge is -2.19. The number of halogens is 2. The summed E-state index contributed by atoms with van der Waals surface area (Å²) in [4.78, 5) is 44.2. The third-order valence-electron chi connectivity index (χ3n) is 2.63. The summed E-state index contributed by atoms with van der Waals surface area (Å²) in [6.07, 6.45) is 0. The van der Waals surface area contributed by atoms with E-state index in [1.807, 2.05) is 0 Å². The van der Waals surface area contributed by atoms with Crippen molar-refractivity contribution in [3.05, 3.63) is 61.9 Å². The monoisotopic (exact) mass is 351 g/mol. The Morgan fingerprint density at radius 1 is 0.783 bits per heavy atom. The molecule has 11 heteroatoms. The molecule has 3 aromatic rings. The summed E-state index contributed by atoms with van der Waals surface area (Å²) in [6.45, 7) is 0. The number of hydrogen-bond donors (Lipinski definition) is 2. The molecule has 0 bridgehead atoms. The Labute approximate surface area is 138 Å². The molecule has 0 fully saturated rings. The van der Waals surface area contributed by atoms with E-state index in [2.05, 4.69) is 29.9 Å². The van der Waals surface area contributed by atoms with Gasteiger partial charge in [-0.2, -0.15) is 19.9 Å². The quantitative estimate of drug-likeness (QED) is 0.731. The molecule has 0 saturated heterocycles. The molecule has 3 rings (SSSR count). The van der Waals surface area contributed by atoms with Crippen LogP contribution in [0.4, 0.5) is 17.6 Å². The first-order chi connectivity index (χ1) is 11.0. The molecule has 2 heterocycles. The van der Waals surface area contributed by atoms with Crippen LogP contribution in [0.1, 0.15) is 0 Å². The normalized spacial score (nSPS) is 10.5. The molecule has 116 valence electrons. The van der Waals surface area contributed by atoms with Crippen LogP contribution in [0.2, 0.25) is 10.6 Å². The van der Waals surface area contributed by atoms with Crippen LogP contribution in [-0.4, -0.2) is 29.9 Å². The summed E-state index contributed by atoms with van der Waals surface area (Å²) in [5.41, 5.74) is -0.912. The van der Waals surface area contributed by atoms with Crippen molar-refractivity contribution >= 4 is 40.8 Å². The van der Waals surface area contributed by atoms with Gasteiger partial charge in [0.15, 0.2) is 0 Å². The van der Waals surface area contributed by atoms with Gasteiger partial charge in [0, 0.05) is 0 Å². The van der Waals surface area contributed by atoms with Crippen molar-refractivity contribution in [3.63, 3.8) is 0 Å². The van der Waals surface area contributed by atoms with Crippen LogP contribution in [0, 0.1) is 0 Å². The van der Waals surface area contributed by atoms with Crippen molar-refractivity contribution in [1.29, 1.82) is 0 Å². The lowest BCUT2D eigenvalue weighted by Crippen LogP contribution is -2.25. The van der Waals surface area contributed by atoms with Crippen molar-refractivity contribution in [1.82, 2.24) is 29.9 Å². The molecule has 1 aromatic carbocycles. The van der Waals surface area contributed by atoms with Gasteiger partial charge in [-0.25, -0.2) is 14.5 Å². The first kappa shape index (κ1) is 15.1. The number of nitrogens with one attached hydrogen (secondary N) is 2.